The molecule has 0 spiro atoms. The summed E-state index contributed by atoms with van der Waals surface area (Å²) >= 11 is 0. The predicted octanol–water partition coefficient (Wildman–Crippen LogP) is 2.56. The first kappa shape index (κ1) is 15.3. The summed E-state index contributed by atoms with van der Waals surface area (Å²) < 4.78 is 5.20. The van der Waals surface area contributed by atoms with Crippen LogP contribution in [-0.2, 0) is 6.42 Å². The Kier molecular flexibility index (Phi) is 5.86. The van der Waals surface area contributed by atoms with Crippen LogP contribution in [0, 0.1) is 5.92 Å². The Bertz CT molecular complexity index is 390. The van der Waals surface area contributed by atoms with Gasteiger partial charge in [0, 0.05) is 19.1 Å². The van der Waals surface area contributed by atoms with Crippen LogP contribution in [0.4, 0.5) is 0 Å². The van der Waals surface area contributed by atoms with E-state index in [2.05, 4.69) is 48.3 Å². The van der Waals surface area contributed by atoms with E-state index in [-0.39, 0.29) is 0 Å². The number of rotatable bonds is 6. The zero-order valence-electron chi connectivity index (χ0n) is 13.1. The van der Waals surface area contributed by atoms with Crippen molar-refractivity contribution in [1.82, 2.24) is 10.2 Å². The minimum Gasteiger partial charge on any atom is -0.497 e. The summed E-state index contributed by atoms with van der Waals surface area (Å²) in [5.74, 6) is 1.69. The number of hydrogen-bond acceptors (Lipinski definition) is 3. The van der Waals surface area contributed by atoms with Gasteiger partial charge in [0.1, 0.15) is 5.75 Å². The summed E-state index contributed by atoms with van der Waals surface area (Å²) in [5.41, 5.74) is 1.40. The van der Waals surface area contributed by atoms with Crippen molar-refractivity contribution < 1.29 is 4.74 Å². The first-order valence-corrected chi connectivity index (χ1v) is 7.81. The van der Waals surface area contributed by atoms with Gasteiger partial charge in [0.05, 0.1) is 7.11 Å². The number of methoxy groups -OCH3 is 1. The predicted molar refractivity (Wildman–Crippen MR) is 84.4 cm³/mol. The topological polar surface area (TPSA) is 24.5 Å². The van der Waals surface area contributed by atoms with Crippen LogP contribution >= 0.6 is 0 Å². The Hall–Kier alpha value is -1.06. The first-order chi connectivity index (χ1) is 9.72. The second kappa shape index (κ2) is 7.65. The molecule has 0 aromatic heterocycles. The highest BCUT2D eigenvalue weighted by atomic mass is 16.5. The van der Waals surface area contributed by atoms with E-state index in [1.54, 1.807) is 7.11 Å². The molecule has 3 nitrogen and oxygen atoms in total. The van der Waals surface area contributed by atoms with Gasteiger partial charge in [-0.05, 0) is 49.5 Å². The van der Waals surface area contributed by atoms with Crippen LogP contribution in [0.15, 0.2) is 24.3 Å². The molecule has 0 radical (unpaired) electrons. The van der Waals surface area contributed by atoms with Crippen molar-refractivity contribution in [2.24, 2.45) is 5.92 Å². The third kappa shape index (κ3) is 4.22. The molecule has 112 valence electrons. The molecule has 20 heavy (non-hydrogen) atoms. The summed E-state index contributed by atoms with van der Waals surface area (Å²) in [7, 11) is 1.71. The molecule has 0 saturated carbocycles. The fourth-order valence-corrected chi connectivity index (χ4v) is 3.08. The average molecular weight is 276 g/mol. The molecule has 1 heterocycles. The molecule has 1 saturated heterocycles. The minimum absolute atomic E-state index is 0.706. The van der Waals surface area contributed by atoms with Gasteiger partial charge in [0.25, 0.3) is 0 Å². The number of nitrogens with zero attached hydrogens (tertiary/aromatic N) is 1. The second-order valence-corrected chi connectivity index (χ2v) is 5.83. The van der Waals surface area contributed by atoms with E-state index in [0.717, 1.165) is 31.2 Å². The molecule has 1 aromatic rings. The molecule has 1 aliphatic heterocycles. The third-order valence-corrected chi connectivity index (χ3v) is 4.33. The highest BCUT2D eigenvalue weighted by Gasteiger charge is 2.24. The van der Waals surface area contributed by atoms with Gasteiger partial charge in [-0.3, -0.25) is 0 Å². The minimum atomic E-state index is 0.706. The van der Waals surface area contributed by atoms with E-state index in [0.29, 0.717) is 6.04 Å². The quantitative estimate of drug-likeness (QED) is 0.864. The Labute approximate surface area is 123 Å². The Morgan fingerprint density at radius 1 is 1.30 bits per heavy atom. The molecule has 0 bridgehead atoms. The lowest BCUT2D eigenvalue weighted by atomic mass is 9.93. The SMILES string of the molecule is CCNC1CCN(CCc2ccc(OC)cc2)CC1C. The molecule has 3 heteroatoms. The number of hydrogen-bond donors (Lipinski definition) is 1. The van der Waals surface area contributed by atoms with Gasteiger partial charge in [-0.15, -0.1) is 0 Å². The van der Waals surface area contributed by atoms with Gasteiger partial charge in [0.2, 0.25) is 0 Å². The van der Waals surface area contributed by atoms with Crippen molar-refractivity contribution in [3.05, 3.63) is 29.8 Å². The highest BCUT2D eigenvalue weighted by molar-refractivity contribution is 5.27. The van der Waals surface area contributed by atoms with Crippen LogP contribution in [0.3, 0.4) is 0 Å². The Morgan fingerprint density at radius 3 is 2.65 bits per heavy atom. The summed E-state index contributed by atoms with van der Waals surface area (Å²) in [5, 5.41) is 3.60. The Morgan fingerprint density at radius 2 is 2.05 bits per heavy atom. The van der Waals surface area contributed by atoms with E-state index in [1.807, 2.05) is 0 Å². The van der Waals surface area contributed by atoms with Crippen molar-refractivity contribution in [3.63, 3.8) is 0 Å². The van der Waals surface area contributed by atoms with E-state index in [9.17, 15) is 0 Å². The third-order valence-electron chi connectivity index (χ3n) is 4.33. The van der Waals surface area contributed by atoms with E-state index >= 15 is 0 Å². The van der Waals surface area contributed by atoms with Crippen LogP contribution < -0.4 is 10.1 Å². The monoisotopic (exact) mass is 276 g/mol. The summed E-state index contributed by atoms with van der Waals surface area (Å²) in [6, 6.07) is 9.16. The number of ether oxygens (including phenoxy) is 1. The van der Waals surface area contributed by atoms with E-state index in [1.165, 1.54) is 25.1 Å². The zero-order chi connectivity index (χ0) is 14.4. The maximum Gasteiger partial charge on any atom is 0.118 e. The van der Waals surface area contributed by atoms with Crippen LogP contribution in [0.5, 0.6) is 5.75 Å². The number of nitrogens with one attached hydrogen (secondary N) is 1. The van der Waals surface area contributed by atoms with Gasteiger partial charge in [-0.25, -0.2) is 0 Å². The van der Waals surface area contributed by atoms with Crippen molar-refractivity contribution >= 4 is 0 Å². The van der Waals surface area contributed by atoms with Gasteiger partial charge in [0.15, 0.2) is 0 Å². The number of piperidine rings is 1. The second-order valence-electron chi connectivity index (χ2n) is 5.83. The maximum absolute atomic E-state index is 5.20. The molecule has 0 aliphatic carbocycles. The van der Waals surface area contributed by atoms with Crippen LogP contribution in [-0.4, -0.2) is 44.2 Å². The largest absolute Gasteiger partial charge is 0.497 e. The standard InChI is InChI=1S/C17H28N2O/c1-4-18-17-10-12-19(13-14(17)2)11-9-15-5-7-16(20-3)8-6-15/h5-8,14,17-18H,4,9-13H2,1-3H3. The Balaban J connectivity index is 1.77. The van der Waals surface area contributed by atoms with Gasteiger partial charge in [-0.2, -0.15) is 0 Å². The molecule has 1 fully saturated rings. The lowest BCUT2D eigenvalue weighted by Crippen LogP contribution is -2.48. The fraction of sp³-hybridized carbons (Fsp3) is 0.647. The van der Waals surface area contributed by atoms with Crippen molar-refractivity contribution in [1.29, 1.82) is 0 Å². The summed E-state index contributed by atoms with van der Waals surface area (Å²) in [6.45, 7) is 9.25. The van der Waals surface area contributed by atoms with Crippen molar-refractivity contribution in [2.45, 2.75) is 32.7 Å². The summed E-state index contributed by atoms with van der Waals surface area (Å²) in [4.78, 5) is 2.60. The number of likely N-dealkylation sites (tertiary alicyclic amines) is 1. The molecule has 0 amide bonds. The molecular weight excluding hydrogens is 248 g/mol. The molecular formula is C17H28N2O. The maximum atomic E-state index is 5.20. The highest BCUT2D eigenvalue weighted by Crippen LogP contribution is 2.18. The first-order valence-electron chi connectivity index (χ1n) is 7.81. The van der Waals surface area contributed by atoms with Crippen LogP contribution in [0.1, 0.15) is 25.8 Å². The molecule has 1 aliphatic rings. The normalized spacial score (nSPS) is 23.8. The number of benzene rings is 1. The molecule has 2 unspecified atom stereocenters. The van der Waals surface area contributed by atoms with Gasteiger partial charge >= 0.3 is 0 Å². The van der Waals surface area contributed by atoms with Crippen LogP contribution in [0.25, 0.3) is 0 Å². The smallest absolute Gasteiger partial charge is 0.118 e. The van der Waals surface area contributed by atoms with Gasteiger partial charge in [-0.1, -0.05) is 26.0 Å². The van der Waals surface area contributed by atoms with E-state index in [4.69, 9.17) is 4.74 Å². The summed E-state index contributed by atoms with van der Waals surface area (Å²) in [6.07, 6.45) is 2.40. The zero-order valence-corrected chi connectivity index (χ0v) is 13.1. The van der Waals surface area contributed by atoms with Gasteiger partial charge < -0.3 is 15.0 Å². The van der Waals surface area contributed by atoms with Crippen LogP contribution in [0.2, 0.25) is 0 Å². The average Bonchev–Trinajstić information content (AvgIpc) is 2.48. The van der Waals surface area contributed by atoms with Crippen molar-refractivity contribution in [2.75, 3.05) is 33.3 Å². The van der Waals surface area contributed by atoms with E-state index < -0.39 is 0 Å². The lowest BCUT2D eigenvalue weighted by molar-refractivity contribution is 0.150. The molecule has 1 N–H and O–H groups in total. The molecule has 2 rings (SSSR count). The molecule has 1 aromatic carbocycles. The fourth-order valence-electron chi connectivity index (χ4n) is 3.08. The molecule has 2 atom stereocenters. The lowest BCUT2D eigenvalue weighted by Gasteiger charge is -2.37. The van der Waals surface area contributed by atoms with Crippen molar-refractivity contribution in [3.8, 4) is 5.75 Å².